The maximum atomic E-state index is 10.7. The minimum Gasteiger partial charge on any atom is -0.444 e. The number of rotatable bonds is 3. The molecule has 74 valence electrons. The zero-order valence-electron chi connectivity index (χ0n) is 7.79. The lowest BCUT2D eigenvalue weighted by molar-refractivity contribution is 0.463. The first kappa shape index (κ1) is 10.2. The first-order chi connectivity index (χ1) is 5.88. The molecule has 0 aliphatic heterocycles. The SMILES string of the molecule is Cc1nc(CNS(C)(=O)=O)oc1C. The summed E-state index contributed by atoms with van der Waals surface area (Å²) in [6.45, 7) is 3.70. The Kier molecular flexibility index (Phi) is 2.72. The normalized spacial score (nSPS) is 11.9. The third-order valence-electron chi connectivity index (χ3n) is 1.56. The molecule has 6 heteroatoms. The second kappa shape index (κ2) is 3.47. The first-order valence-electron chi connectivity index (χ1n) is 3.76. The molecular formula is C7H12N2O3S. The van der Waals surface area contributed by atoms with E-state index in [1.165, 1.54) is 0 Å². The van der Waals surface area contributed by atoms with Gasteiger partial charge in [-0.15, -0.1) is 0 Å². The number of hydrogen-bond donors (Lipinski definition) is 1. The summed E-state index contributed by atoms with van der Waals surface area (Å²) in [5.74, 6) is 1.10. The van der Waals surface area contributed by atoms with Crippen LogP contribution in [0, 0.1) is 13.8 Å². The van der Waals surface area contributed by atoms with Crippen LogP contribution < -0.4 is 4.72 Å². The van der Waals surface area contributed by atoms with Gasteiger partial charge in [0.1, 0.15) is 5.76 Å². The van der Waals surface area contributed by atoms with Crippen LogP contribution in [0.2, 0.25) is 0 Å². The molecular weight excluding hydrogens is 192 g/mol. The zero-order valence-corrected chi connectivity index (χ0v) is 8.60. The fraction of sp³-hybridized carbons (Fsp3) is 0.571. The molecule has 0 saturated carbocycles. The van der Waals surface area contributed by atoms with E-state index in [1.807, 2.05) is 6.92 Å². The van der Waals surface area contributed by atoms with Crippen LogP contribution in [-0.4, -0.2) is 19.7 Å². The standard InChI is InChI=1S/C7H12N2O3S/c1-5-6(2)12-7(9-5)4-8-13(3,10)11/h8H,4H2,1-3H3. The van der Waals surface area contributed by atoms with Crippen LogP contribution in [0.25, 0.3) is 0 Å². The van der Waals surface area contributed by atoms with E-state index in [4.69, 9.17) is 4.42 Å². The van der Waals surface area contributed by atoms with E-state index < -0.39 is 10.0 Å². The third kappa shape index (κ3) is 3.16. The molecule has 1 N–H and O–H groups in total. The van der Waals surface area contributed by atoms with Crippen LogP contribution in [-0.2, 0) is 16.6 Å². The average Bonchev–Trinajstić information content (AvgIpc) is 2.27. The largest absolute Gasteiger partial charge is 0.444 e. The third-order valence-corrected chi connectivity index (χ3v) is 2.23. The second-order valence-corrected chi connectivity index (χ2v) is 4.68. The van der Waals surface area contributed by atoms with Crippen LogP contribution in [0.4, 0.5) is 0 Å². The van der Waals surface area contributed by atoms with E-state index in [2.05, 4.69) is 9.71 Å². The summed E-state index contributed by atoms with van der Waals surface area (Å²) in [4.78, 5) is 4.02. The molecule has 1 aromatic rings. The maximum Gasteiger partial charge on any atom is 0.209 e. The highest BCUT2D eigenvalue weighted by atomic mass is 32.2. The lowest BCUT2D eigenvalue weighted by Gasteiger charge is -1.96. The van der Waals surface area contributed by atoms with Crippen LogP contribution in [0.15, 0.2) is 4.42 Å². The van der Waals surface area contributed by atoms with Gasteiger partial charge in [0.15, 0.2) is 0 Å². The fourth-order valence-corrected chi connectivity index (χ4v) is 1.19. The van der Waals surface area contributed by atoms with Crippen molar-refractivity contribution in [1.29, 1.82) is 0 Å². The Morgan fingerprint density at radius 3 is 2.46 bits per heavy atom. The van der Waals surface area contributed by atoms with Gasteiger partial charge in [-0.25, -0.2) is 18.1 Å². The van der Waals surface area contributed by atoms with Gasteiger partial charge in [0.05, 0.1) is 18.5 Å². The van der Waals surface area contributed by atoms with Crippen molar-refractivity contribution in [2.24, 2.45) is 0 Å². The van der Waals surface area contributed by atoms with Crippen molar-refractivity contribution in [3.05, 3.63) is 17.3 Å². The maximum absolute atomic E-state index is 10.7. The summed E-state index contributed by atoms with van der Waals surface area (Å²) in [5, 5.41) is 0. The molecule has 0 radical (unpaired) electrons. The monoisotopic (exact) mass is 204 g/mol. The molecule has 0 saturated heterocycles. The van der Waals surface area contributed by atoms with Gasteiger partial charge in [0.2, 0.25) is 15.9 Å². The molecule has 1 heterocycles. The molecule has 0 unspecified atom stereocenters. The van der Waals surface area contributed by atoms with Crippen molar-refractivity contribution in [2.45, 2.75) is 20.4 Å². The summed E-state index contributed by atoms with van der Waals surface area (Å²) in [6, 6.07) is 0. The molecule has 0 spiro atoms. The molecule has 0 aliphatic rings. The smallest absolute Gasteiger partial charge is 0.209 e. The highest BCUT2D eigenvalue weighted by Crippen LogP contribution is 2.07. The number of sulfonamides is 1. The molecule has 13 heavy (non-hydrogen) atoms. The van der Waals surface area contributed by atoms with E-state index in [-0.39, 0.29) is 6.54 Å². The molecule has 5 nitrogen and oxygen atoms in total. The predicted molar refractivity (Wildman–Crippen MR) is 47.7 cm³/mol. The van der Waals surface area contributed by atoms with Gasteiger partial charge in [-0.05, 0) is 13.8 Å². The van der Waals surface area contributed by atoms with Gasteiger partial charge in [0.25, 0.3) is 0 Å². The quantitative estimate of drug-likeness (QED) is 0.770. The first-order valence-corrected chi connectivity index (χ1v) is 5.65. The molecule has 0 bridgehead atoms. The van der Waals surface area contributed by atoms with Crippen LogP contribution >= 0.6 is 0 Å². The van der Waals surface area contributed by atoms with Crippen molar-refractivity contribution >= 4 is 10.0 Å². The molecule has 0 fully saturated rings. The number of nitrogens with one attached hydrogen (secondary N) is 1. The summed E-state index contributed by atoms with van der Waals surface area (Å²) in [5.41, 5.74) is 0.783. The fourth-order valence-electron chi connectivity index (χ4n) is 0.808. The van der Waals surface area contributed by atoms with Gasteiger partial charge in [-0.3, -0.25) is 0 Å². The number of aromatic nitrogens is 1. The van der Waals surface area contributed by atoms with Gasteiger partial charge in [-0.1, -0.05) is 0 Å². The van der Waals surface area contributed by atoms with Crippen LogP contribution in [0.5, 0.6) is 0 Å². The van der Waals surface area contributed by atoms with Crippen LogP contribution in [0.1, 0.15) is 17.3 Å². The minimum absolute atomic E-state index is 0.105. The van der Waals surface area contributed by atoms with Gasteiger partial charge < -0.3 is 4.42 Å². The van der Waals surface area contributed by atoms with Crippen LogP contribution in [0.3, 0.4) is 0 Å². The van der Waals surface area contributed by atoms with Gasteiger partial charge >= 0.3 is 0 Å². The predicted octanol–water partition coefficient (Wildman–Crippen LogP) is 0.341. The molecule has 0 aromatic carbocycles. The molecule has 0 atom stereocenters. The highest BCUT2D eigenvalue weighted by Gasteiger charge is 2.07. The Morgan fingerprint density at radius 2 is 2.08 bits per heavy atom. The summed E-state index contributed by atoms with van der Waals surface area (Å²) < 4.78 is 28.9. The Balaban J connectivity index is 2.66. The second-order valence-electron chi connectivity index (χ2n) is 2.84. The number of nitrogens with zero attached hydrogens (tertiary/aromatic N) is 1. The number of oxazole rings is 1. The summed E-state index contributed by atoms with van der Waals surface area (Å²) in [6.07, 6.45) is 1.09. The summed E-state index contributed by atoms with van der Waals surface area (Å²) >= 11 is 0. The molecule has 0 aliphatic carbocycles. The Labute approximate surface area is 77.2 Å². The van der Waals surface area contributed by atoms with E-state index >= 15 is 0 Å². The summed E-state index contributed by atoms with van der Waals surface area (Å²) in [7, 11) is -3.18. The number of aryl methyl sites for hydroxylation is 2. The number of hydrogen-bond acceptors (Lipinski definition) is 4. The zero-order chi connectivity index (χ0) is 10.1. The molecule has 1 aromatic heterocycles. The van der Waals surface area contributed by atoms with E-state index in [0.29, 0.717) is 11.7 Å². The Hall–Kier alpha value is -0.880. The van der Waals surface area contributed by atoms with Gasteiger partial charge in [0, 0.05) is 0 Å². The topological polar surface area (TPSA) is 72.2 Å². The van der Waals surface area contributed by atoms with E-state index in [9.17, 15) is 8.42 Å². The Morgan fingerprint density at radius 1 is 1.46 bits per heavy atom. The van der Waals surface area contributed by atoms with Crippen molar-refractivity contribution < 1.29 is 12.8 Å². The van der Waals surface area contributed by atoms with E-state index in [1.54, 1.807) is 6.92 Å². The van der Waals surface area contributed by atoms with Crippen molar-refractivity contribution in [3.8, 4) is 0 Å². The molecule has 1 rings (SSSR count). The van der Waals surface area contributed by atoms with Gasteiger partial charge in [-0.2, -0.15) is 0 Å². The van der Waals surface area contributed by atoms with Crippen molar-refractivity contribution in [2.75, 3.05) is 6.26 Å². The van der Waals surface area contributed by atoms with Crippen molar-refractivity contribution in [3.63, 3.8) is 0 Å². The highest BCUT2D eigenvalue weighted by molar-refractivity contribution is 7.88. The molecule has 0 amide bonds. The lowest BCUT2D eigenvalue weighted by Crippen LogP contribution is -2.21. The average molecular weight is 204 g/mol. The lowest BCUT2D eigenvalue weighted by atomic mass is 10.4. The van der Waals surface area contributed by atoms with E-state index in [0.717, 1.165) is 11.9 Å². The Bertz CT molecular complexity index is 374. The minimum atomic E-state index is -3.18. The van der Waals surface area contributed by atoms with Crippen molar-refractivity contribution in [1.82, 2.24) is 9.71 Å².